The smallest absolute Gasteiger partial charge is 0.418 e. The van der Waals surface area contributed by atoms with Gasteiger partial charge in [-0.25, -0.2) is 0 Å². The third-order valence-corrected chi connectivity index (χ3v) is 7.95. The van der Waals surface area contributed by atoms with Crippen LogP contribution in [0.4, 0.5) is 17.3 Å². The van der Waals surface area contributed by atoms with Crippen molar-refractivity contribution in [2.45, 2.75) is 66.7 Å². The molecule has 4 aromatic rings. The second kappa shape index (κ2) is 13.0. The minimum atomic E-state index is -6.00. The van der Waals surface area contributed by atoms with Crippen molar-refractivity contribution >= 4 is 13.6 Å². The molecule has 2 nitrogen and oxygen atoms in total. The molecule has 5 rings (SSSR count). The Balaban J connectivity index is 0.000000748. The van der Waals surface area contributed by atoms with Crippen LogP contribution >= 0.6 is 0 Å². The Labute approximate surface area is 247 Å². The summed E-state index contributed by atoms with van der Waals surface area (Å²) < 4.78 is 41.6. The van der Waals surface area contributed by atoms with Gasteiger partial charge in [-0.1, -0.05) is 96.1 Å². The maximum absolute atomic E-state index is 9.75. The summed E-state index contributed by atoms with van der Waals surface area (Å²) in [7, 11) is -6.00. The molecule has 7 heteroatoms. The number of halogens is 4. The standard InChI is InChI=1S/C35H39N2.BF4/c1-24-17-26(3)32(27(4)18-24)21-36-23-37(22-33-28(5)19-25(2)20-29(33)6)35(31-15-11-8-12-16-31)34(36)30-13-9-7-10-14-30;2-1(3,4)5/h7-20,23,34-35H,21-22H2,1-6H3;/q+1;-1/t34-,35-;/m0./s1. The maximum atomic E-state index is 9.75. The van der Waals surface area contributed by atoms with Gasteiger partial charge in [0.1, 0.15) is 13.1 Å². The molecule has 1 aliphatic heterocycles. The molecular weight excluding hydrogens is 535 g/mol. The summed E-state index contributed by atoms with van der Waals surface area (Å²) in [5.41, 5.74) is 13.7. The van der Waals surface area contributed by atoms with Crippen molar-refractivity contribution in [2.24, 2.45) is 0 Å². The molecule has 0 spiro atoms. The van der Waals surface area contributed by atoms with Gasteiger partial charge in [-0.15, -0.1) is 0 Å². The molecule has 0 saturated carbocycles. The Hall–Kier alpha value is -3.87. The fourth-order valence-electron chi connectivity index (χ4n) is 6.31. The average molecular weight is 575 g/mol. The fraction of sp³-hybridized carbons (Fsp3) is 0.286. The van der Waals surface area contributed by atoms with E-state index in [2.05, 4.69) is 142 Å². The van der Waals surface area contributed by atoms with Crippen LogP contribution in [0.5, 0.6) is 0 Å². The van der Waals surface area contributed by atoms with Gasteiger partial charge < -0.3 is 17.3 Å². The first kappa shape index (κ1) is 31.1. The topological polar surface area (TPSA) is 6.25 Å². The lowest BCUT2D eigenvalue weighted by Gasteiger charge is -2.25. The van der Waals surface area contributed by atoms with Gasteiger partial charge in [-0.05, 0) is 74.9 Å². The molecule has 2 atom stereocenters. The zero-order valence-corrected chi connectivity index (χ0v) is 25.2. The first-order chi connectivity index (χ1) is 19.8. The quantitative estimate of drug-likeness (QED) is 0.126. The Morgan fingerprint density at radius 1 is 0.619 bits per heavy atom. The lowest BCUT2D eigenvalue weighted by molar-refractivity contribution is -0.578. The lowest BCUT2D eigenvalue weighted by atomic mass is 9.91. The van der Waals surface area contributed by atoms with Crippen molar-refractivity contribution < 1.29 is 21.8 Å². The molecule has 42 heavy (non-hydrogen) atoms. The first-order valence-electron chi connectivity index (χ1n) is 14.3. The summed E-state index contributed by atoms with van der Waals surface area (Å²) in [5, 5.41) is 0. The Morgan fingerprint density at radius 2 is 1.02 bits per heavy atom. The summed E-state index contributed by atoms with van der Waals surface area (Å²) in [6, 6.07) is 31.8. The predicted octanol–water partition coefficient (Wildman–Crippen LogP) is 9.38. The van der Waals surface area contributed by atoms with Gasteiger partial charge in [0.2, 0.25) is 6.34 Å². The summed E-state index contributed by atoms with van der Waals surface area (Å²) in [6.07, 6.45) is 2.41. The molecule has 0 aliphatic carbocycles. The van der Waals surface area contributed by atoms with E-state index in [4.69, 9.17) is 0 Å². The van der Waals surface area contributed by atoms with Crippen molar-refractivity contribution in [1.29, 1.82) is 0 Å². The summed E-state index contributed by atoms with van der Waals surface area (Å²) in [6.45, 7) is 15.2. The summed E-state index contributed by atoms with van der Waals surface area (Å²) >= 11 is 0. The third kappa shape index (κ3) is 7.70. The van der Waals surface area contributed by atoms with Gasteiger partial charge in [0.25, 0.3) is 0 Å². The highest BCUT2D eigenvalue weighted by Crippen LogP contribution is 2.42. The van der Waals surface area contributed by atoms with Crippen molar-refractivity contribution in [3.63, 3.8) is 0 Å². The minimum absolute atomic E-state index is 0.217. The van der Waals surface area contributed by atoms with Crippen LogP contribution in [0.25, 0.3) is 0 Å². The first-order valence-corrected chi connectivity index (χ1v) is 14.3. The van der Waals surface area contributed by atoms with Gasteiger partial charge in [-0.2, -0.15) is 0 Å². The number of aryl methyl sites for hydroxylation is 6. The molecule has 1 aliphatic rings. The number of nitrogens with zero attached hydrogens (tertiary/aromatic N) is 2. The van der Waals surface area contributed by atoms with E-state index >= 15 is 0 Å². The fourth-order valence-corrected chi connectivity index (χ4v) is 6.31. The van der Waals surface area contributed by atoms with Crippen LogP contribution in [-0.4, -0.2) is 23.1 Å². The van der Waals surface area contributed by atoms with Crippen LogP contribution in [0.15, 0.2) is 84.9 Å². The van der Waals surface area contributed by atoms with E-state index in [9.17, 15) is 17.3 Å². The molecule has 1 heterocycles. The third-order valence-electron chi connectivity index (χ3n) is 7.95. The number of rotatable bonds is 6. The molecule has 0 bridgehead atoms. The zero-order chi connectivity index (χ0) is 30.6. The number of benzene rings is 4. The second-order valence-corrected chi connectivity index (χ2v) is 11.4. The molecule has 0 N–H and O–H groups in total. The van der Waals surface area contributed by atoms with E-state index in [0.717, 1.165) is 13.1 Å². The molecule has 0 saturated heterocycles. The van der Waals surface area contributed by atoms with Crippen LogP contribution in [0.2, 0.25) is 0 Å². The van der Waals surface area contributed by atoms with Crippen LogP contribution in [0.1, 0.15) is 67.7 Å². The Morgan fingerprint density at radius 3 is 1.48 bits per heavy atom. The largest absolute Gasteiger partial charge is 0.673 e. The maximum Gasteiger partial charge on any atom is 0.673 e. The van der Waals surface area contributed by atoms with Crippen molar-refractivity contribution in [1.82, 2.24) is 4.90 Å². The van der Waals surface area contributed by atoms with Crippen molar-refractivity contribution in [3.05, 3.63) is 141 Å². The highest BCUT2D eigenvalue weighted by atomic mass is 19.5. The molecule has 4 aromatic carbocycles. The Bertz CT molecular complexity index is 1500. The summed E-state index contributed by atoms with van der Waals surface area (Å²) in [5.74, 6) is 0. The van der Waals surface area contributed by atoms with Gasteiger partial charge in [0.05, 0.1) is 0 Å². The van der Waals surface area contributed by atoms with Crippen LogP contribution < -0.4 is 0 Å². The van der Waals surface area contributed by atoms with Crippen LogP contribution in [0.3, 0.4) is 0 Å². The van der Waals surface area contributed by atoms with Gasteiger partial charge >= 0.3 is 7.25 Å². The molecule has 0 unspecified atom stereocenters. The highest BCUT2D eigenvalue weighted by Gasteiger charge is 2.44. The van der Waals surface area contributed by atoms with Gasteiger partial charge in [0, 0.05) is 11.1 Å². The molecule has 0 fully saturated rings. The molecule has 220 valence electrons. The highest BCUT2D eigenvalue weighted by molar-refractivity contribution is 6.50. The second-order valence-electron chi connectivity index (χ2n) is 11.4. The van der Waals surface area contributed by atoms with E-state index < -0.39 is 7.25 Å². The SMILES string of the molecule is Cc1cc(C)c(CN2C=[N+](Cc3c(C)cc(C)cc3C)[C@@H](c3ccccc3)[C@@H]2c2ccccc2)c(C)c1.F[B-](F)(F)F. The van der Waals surface area contributed by atoms with E-state index in [1.54, 1.807) is 0 Å². The van der Waals surface area contributed by atoms with Crippen LogP contribution in [0, 0.1) is 41.5 Å². The number of hydrogen-bond donors (Lipinski definition) is 0. The van der Waals surface area contributed by atoms with E-state index in [0.29, 0.717) is 0 Å². The molecular formula is C35H39BF4N2. The summed E-state index contributed by atoms with van der Waals surface area (Å²) in [4.78, 5) is 2.58. The molecule has 0 aromatic heterocycles. The van der Waals surface area contributed by atoms with Gasteiger partial charge in [0.15, 0.2) is 12.1 Å². The monoisotopic (exact) mass is 574 g/mol. The van der Waals surface area contributed by atoms with Crippen molar-refractivity contribution in [3.8, 4) is 0 Å². The van der Waals surface area contributed by atoms with Gasteiger partial charge in [-0.3, -0.25) is 9.48 Å². The zero-order valence-electron chi connectivity index (χ0n) is 25.2. The van der Waals surface area contributed by atoms with E-state index in [1.165, 1.54) is 55.6 Å². The predicted molar refractivity (Wildman–Crippen MR) is 165 cm³/mol. The van der Waals surface area contributed by atoms with Crippen LogP contribution in [-0.2, 0) is 13.1 Å². The molecule has 0 radical (unpaired) electrons. The van der Waals surface area contributed by atoms with E-state index in [-0.39, 0.29) is 12.1 Å². The van der Waals surface area contributed by atoms with E-state index in [1.807, 2.05) is 0 Å². The molecule has 0 amide bonds. The number of hydrogen-bond acceptors (Lipinski definition) is 1. The Kier molecular flexibility index (Phi) is 9.60. The normalized spacial score (nSPS) is 16.6. The lowest BCUT2D eigenvalue weighted by Crippen LogP contribution is -2.27. The minimum Gasteiger partial charge on any atom is -0.418 e. The average Bonchev–Trinajstić information content (AvgIpc) is 3.26. The van der Waals surface area contributed by atoms with Crippen molar-refractivity contribution in [2.75, 3.05) is 0 Å².